The summed E-state index contributed by atoms with van der Waals surface area (Å²) < 4.78 is 18.0. The van der Waals surface area contributed by atoms with E-state index >= 15 is 0 Å². The highest BCUT2D eigenvalue weighted by molar-refractivity contribution is 5.87. The Morgan fingerprint density at radius 3 is 1.05 bits per heavy atom. The summed E-state index contributed by atoms with van der Waals surface area (Å²) in [6.45, 7) is 4.54. The van der Waals surface area contributed by atoms with Gasteiger partial charge in [-0.05, 0) is 94.8 Å². The molecule has 3 aliphatic carbocycles. The molecular formula is C34H54O5. The Morgan fingerprint density at radius 1 is 0.487 bits per heavy atom. The first kappa shape index (κ1) is 28.2. The Hall–Kier alpha value is -0.910. The maximum absolute atomic E-state index is 13.1. The predicted octanol–water partition coefficient (Wildman–Crippen LogP) is 8.00. The van der Waals surface area contributed by atoms with Gasteiger partial charge in [0.25, 0.3) is 0 Å². The van der Waals surface area contributed by atoms with Gasteiger partial charge in [0, 0.05) is 11.0 Å². The van der Waals surface area contributed by atoms with Crippen LogP contribution in [-0.4, -0.2) is 47.7 Å². The third-order valence-electron chi connectivity index (χ3n) is 11.9. The molecule has 3 saturated heterocycles. The fraction of sp³-hybridized carbons (Fsp3) is 0.912. The first-order valence-corrected chi connectivity index (χ1v) is 17.0. The van der Waals surface area contributed by atoms with Gasteiger partial charge in [-0.25, -0.2) is 4.79 Å². The summed E-state index contributed by atoms with van der Waals surface area (Å²) in [5, 5.41) is 10.8. The molecule has 0 amide bonds. The van der Waals surface area contributed by atoms with Gasteiger partial charge >= 0.3 is 5.97 Å². The molecule has 0 radical (unpaired) electrons. The van der Waals surface area contributed by atoms with Crippen molar-refractivity contribution in [3.05, 3.63) is 12.2 Å². The minimum atomic E-state index is -0.733. The van der Waals surface area contributed by atoms with Gasteiger partial charge in [-0.1, -0.05) is 64.4 Å². The molecule has 6 fully saturated rings. The molecule has 9 atom stereocenters. The topological polar surface area (TPSA) is 74.9 Å². The number of epoxide rings is 3. The van der Waals surface area contributed by atoms with Crippen LogP contribution in [-0.2, 0) is 19.0 Å². The van der Waals surface area contributed by atoms with E-state index in [0.29, 0.717) is 60.0 Å². The highest BCUT2D eigenvalue weighted by Gasteiger charge is 2.54. The Labute approximate surface area is 236 Å². The first-order valence-electron chi connectivity index (χ1n) is 17.0. The van der Waals surface area contributed by atoms with E-state index < -0.39 is 5.97 Å². The standard InChI is InChI=1S/C34H54O5/c1-23(33(35)36)34(24-11-2-5-17-27-30(37-27)20-8-14-24,25-12-3-6-18-28-31(38-28)21-9-15-25)26-13-4-7-19-29-32(39-29)22-10-16-26/h24-32H,1-22H2,(H,35,36). The van der Waals surface area contributed by atoms with Gasteiger partial charge in [0.05, 0.1) is 36.6 Å². The van der Waals surface area contributed by atoms with E-state index in [2.05, 4.69) is 6.58 Å². The average molecular weight is 543 g/mol. The number of ether oxygens (including phenoxy) is 3. The summed E-state index contributed by atoms with van der Waals surface area (Å²) in [7, 11) is 0. The summed E-state index contributed by atoms with van der Waals surface area (Å²) in [4.78, 5) is 13.1. The van der Waals surface area contributed by atoms with Crippen molar-refractivity contribution in [1.29, 1.82) is 0 Å². The Kier molecular flexibility index (Phi) is 9.07. The van der Waals surface area contributed by atoms with Crippen molar-refractivity contribution in [2.75, 3.05) is 0 Å². The van der Waals surface area contributed by atoms with E-state index in [9.17, 15) is 9.90 Å². The van der Waals surface area contributed by atoms with Crippen LogP contribution in [0.3, 0.4) is 0 Å². The molecule has 39 heavy (non-hydrogen) atoms. The van der Waals surface area contributed by atoms with Crippen molar-refractivity contribution in [1.82, 2.24) is 0 Å². The van der Waals surface area contributed by atoms with Gasteiger partial charge in [0.2, 0.25) is 0 Å². The molecule has 3 aliphatic heterocycles. The van der Waals surface area contributed by atoms with Crippen LogP contribution >= 0.6 is 0 Å². The molecule has 6 rings (SSSR count). The molecule has 0 aromatic rings. The molecule has 0 aromatic heterocycles. The van der Waals surface area contributed by atoms with Gasteiger partial charge in [-0.3, -0.25) is 0 Å². The van der Waals surface area contributed by atoms with Crippen molar-refractivity contribution in [3.63, 3.8) is 0 Å². The molecule has 0 aromatic carbocycles. The summed E-state index contributed by atoms with van der Waals surface area (Å²) in [6, 6.07) is 0. The van der Waals surface area contributed by atoms with Crippen LogP contribution in [0.5, 0.6) is 0 Å². The van der Waals surface area contributed by atoms with Crippen molar-refractivity contribution in [2.24, 2.45) is 23.2 Å². The van der Waals surface area contributed by atoms with E-state index in [4.69, 9.17) is 14.2 Å². The van der Waals surface area contributed by atoms with E-state index in [0.717, 1.165) is 77.0 Å². The number of fused-ring (bicyclic) bond motifs is 3. The van der Waals surface area contributed by atoms with Crippen molar-refractivity contribution in [2.45, 2.75) is 171 Å². The first-order chi connectivity index (χ1) is 19.1. The van der Waals surface area contributed by atoms with E-state index in [-0.39, 0.29) is 5.41 Å². The lowest BCUT2D eigenvalue weighted by Gasteiger charge is -2.53. The molecule has 0 spiro atoms. The minimum absolute atomic E-state index is 0.305. The van der Waals surface area contributed by atoms with E-state index in [1.54, 1.807) is 0 Å². The van der Waals surface area contributed by atoms with E-state index in [1.807, 2.05) is 0 Å². The van der Waals surface area contributed by atoms with Crippen molar-refractivity contribution < 1.29 is 24.1 Å². The summed E-state index contributed by atoms with van der Waals surface area (Å²) in [6.07, 6.45) is 27.4. The maximum Gasteiger partial charge on any atom is 0.331 e. The van der Waals surface area contributed by atoms with Gasteiger partial charge < -0.3 is 19.3 Å². The lowest BCUT2D eigenvalue weighted by atomic mass is 9.50. The second-order valence-corrected chi connectivity index (χ2v) is 14.1. The van der Waals surface area contributed by atoms with Crippen LogP contribution < -0.4 is 0 Å². The molecule has 220 valence electrons. The zero-order valence-corrected chi connectivity index (χ0v) is 24.3. The number of hydrogen-bond acceptors (Lipinski definition) is 4. The average Bonchev–Trinajstić information content (AvgIpc) is 3.84. The van der Waals surface area contributed by atoms with Gasteiger partial charge in [-0.15, -0.1) is 0 Å². The van der Waals surface area contributed by atoms with Crippen LogP contribution in [0.2, 0.25) is 0 Å². The third-order valence-corrected chi connectivity index (χ3v) is 11.9. The molecular weight excluding hydrogens is 488 g/mol. The van der Waals surface area contributed by atoms with Crippen LogP contribution in [0.1, 0.15) is 135 Å². The molecule has 3 heterocycles. The molecule has 3 saturated carbocycles. The molecule has 6 aliphatic rings. The highest BCUT2D eigenvalue weighted by Crippen LogP contribution is 2.59. The number of carbonyl (C=O) groups is 1. The fourth-order valence-electron chi connectivity index (χ4n) is 9.76. The molecule has 5 heteroatoms. The number of aliphatic carboxylic acids is 1. The summed E-state index contributed by atoms with van der Waals surface area (Å²) in [5.74, 6) is 0.495. The summed E-state index contributed by atoms with van der Waals surface area (Å²) >= 11 is 0. The van der Waals surface area contributed by atoms with Crippen molar-refractivity contribution >= 4 is 5.97 Å². The Balaban J connectivity index is 1.34. The van der Waals surface area contributed by atoms with Crippen LogP contribution in [0.25, 0.3) is 0 Å². The number of carboxylic acid groups (broad SMARTS) is 1. The molecule has 1 N–H and O–H groups in total. The third kappa shape index (κ3) is 6.46. The maximum atomic E-state index is 13.1. The predicted molar refractivity (Wildman–Crippen MR) is 153 cm³/mol. The van der Waals surface area contributed by atoms with Crippen LogP contribution in [0.4, 0.5) is 0 Å². The van der Waals surface area contributed by atoms with Gasteiger partial charge in [-0.2, -0.15) is 0 Å². The molecule has 9 unspecified atom stereocenters. The normalized spacial score (nSPS) is 43.2. The van der Waals surface area contributed by atoms with Crippen LogP contribution in [0.15, 0.2) is 12.2 Å². The second-order valence-electron chi connectivity index (χ2n) is 14.1. The lowest BCUT2D eigenvalue weighted by molar-refractivity contribution is -0.137. The highest BCUT2D eigenvalue weighted by atomic mass is 16.6. The number of carboxylic acids is 1. The second kappa shape index (κ2) is 12.5. The largest absolute Gasteiger partial charge is 0.478 e. The van der Waals surface area contributed by atoms with Crippen LogP contribution in [0, 0.1) is 23.2 Å². The minimum Gasteiger partial charge on any atom is -0.478 e. The number of rotatable bonds is 5. The number of hydrogen-bond donors (Lipinski definition) is 1. The van der Waals surface area contributed by atoms with Gasteiger partial charge in [0.15, 0.2) is 0 Å². The lowest BCUT2D eigenvalue weighted by Crippen LogP contribution is -2.48. The zero-order valence-electron chi connectivity index (χ0n) is 24.3. The monoisotopic (exact) mass is 542 g/mol. The zero-order chi connectivity index (χ0) is 26.8. The van der Waals surface area contributed by atoms with E-state index in [1.165, 1.54) is 57.8 Å². The Morgan fingerprint density at radius 2 is 0.744 bits per heavy atom. The van der Waals surface area contributed by atoms with Crippen molar-refractivity contribution in [3.8, 4) is 0 Å². The fourth-order valence-corrected chi connectivity index (χ4v) is 9.76. The summed E-state index contributed by atoms with van der Waals surface area (Å²) in [5.41, 5.74) is 0.260. The SMILES string of the molecule is C=C(C(=O)O)C(C1CCCCC2OC2CCC1)(C1CCCCC2OC2CCC1)C1CCCCC2OC2CCC1. The van der Waals surface area contributed by atoms with Gasteiger partial charge in [0.1, 0.15) is 0 Å². The quantitative estimate of drug-likeness (QED) is 0.281. The molecule has 0 bridgehead atoms. The molecule has 5 nitrogen and oxygen atoms in total. The smallest absolute Gasteiger partial charge is 0.331 e. The Bertz CT molecular complexity index is 766.